The summed E-state index contributed by atoms with van der Waals surface area (Å²) in [6, 6.07) is 12.3. The van der Waals surface area contributed by atoms with E-state index in [0.29, 0.717) is 11.4 Å². The van der Waals surface area contributed by atoms with Crippen molar-refractivity contribution in [1.29, 1.82) is 0 Å². The van der Waals surface area contributed by atoms with Gasteiger partial charge in [-0.15, -0.1) is 0 Å². The molecule has 0 fully saturated rings. The molecule has 0 aliphatic heterocycles. The number of rotatable bonds is 5. The number of hydrogen-bond donors (Lipinski definition) is 5. The monoisotopic (exact) mass is 350 g/mol. The summed E-state index contributed by atoms with van der Waals surface area (Å²) in [6.45, 7) is 1.96. The molecule has 132 valence electrons. The van der Waals surface area contributed by atoms with Crippen LogP contribution in [0.4, 0.5) is 23.0 Å². The quantitative estimate of drug-likeness (QED) is 0.273. The molecular formula is C18H18N6O2. The number of aromatic nitrogens is 2. The van der Waals surface area contributed by atoms with Crippen LogP contribution in [-0.4, -0.2) is 27.4 Å². The minimum absolute atomic E-state index is 0.00983. The van der Waals surface area contributed by atoms with Crippen molar-refractivity contribution < 1.29 is 9.90 Å². The number of nitrogens with two attached hydrogens (primary N) is 2. The van der Waals surface area contributed by atoms with Gasteiger partial charge in [-0.2, -0.15) is 5.10 Å². The number of nitrogen functional groups attached to an aromatic ring is 1. The largest absolute Gasteiger partial charge is 0.506 e. The average Bonchev–Trinajstić information content (AvgIpc) is 2.99. The van der Waals surface area contributed by atoms with E-state index in [2.05, 4.69) is 20.5 Å². The number of nitrogens with one attached hydrogen (secondary N) is 2. The molecule has 3 aromatic rings. The van der Waals surface area contributed by atoms with Crippen molar-refractivity contribution >= 4 is 35.1 Å². The van der Waals surface area contributed by atoms with Crippen LogP contribution in [0.3, 0.4) is 0 Å². The van der Waals surface area contributed by atoms with Crippen LogP contribution in [0.5, 0.6) is 5.75 Å². The van der Waals surface area contributed by atoms with Gasteiger partial charge in [-0.25, -0.2) is 4.99 Å². The molecule has 0 radical (unpaired) electrons. The van der Waals surface area contributed by atoms with Crippen LogP contribution in [-0.2, 0) is 0 Å². The Morgan fingerprint density at radius 2 is 2.12 bits per heavy atom. The number of primary amides is 1. The van der Waals surface area contributed by atoms with E-state index in [1.54, 1.807) is 12.1 Å². The highest BCUT2D eigenvalue weighted by atomic mass is 16.3. The Bertz CT molecular complexity index is 993. The van der Waals surface area contributed by atoms with E-state index in [9.17, 15) is 9.90 Å². The van der Waals surface area contributed by atoms with Crippen molar-refractivity contribution in [2.75, 3.05) is 11.1 Å². The third-order valence-electron chi connectivity index (χ3n) is 3.67. The zero-order chi connectivity index (χ0) is 18.7. The molecule has 8 nitrogen and oxygen atoms in total. The van der Waals surface area contributed by atoms with E-state index >= 15 is 0 Å². The van der Waals surface area contributed by atoms with E-state index in [1.807, 2.05) is 31.2 Å². The number of aromatic amines is 1. The molecule has 7 N–H and O–H groups in total. The smallest absolute Gasteiger partial charge is 0.256 e. The van der Waals surface area contributed by atoms with Gasteiger partial charge in [-0.05, 0) is 48.4 Å². The first kappa shape index (κ1) is 17.0. The molecule has 0 unspecified atom stereocenters. The van der Waals surface area contributed by atoms with E-state index < -0.39 is 5.91 Å². The van der Waals surface area contributed by atoms with Crippen LogP contribution in [0.2, 0.25) is 0 Å². The lowest BCUT2D eigenvalue weighted by Crippen LogP contribution is -2.12. The summed E-state index contributed by atoms with van der Waals surface area (Å²) in [6.07, 6.45) is 1.48. The van der Waals surface area contributed by atoms with Gasteiger partial charge in [0, 0.05) is 11.9 Å². The number of aryl methyl sites for hydroxylation is 1. The predicted octanol–water partition coefficient (Wildman–Crippen LogP) is 2.60. The molecule has 2 aromatic carbocycles. The van der Waals surface area contributed by atoms with Crippen molar-refractivity contribution in [1.82, 2.24) is 10.2 Å². The molecule has 0 spiro atoms. The fraction of sp³-hybridized carbons (Fsp3) is 0.0556. The molecule has 1 heterocycles. The second-order valence-electron chi connectivity index (χ2n) is 5.73. The van der Waals surface area contributed by atoms with Crippen LogP contribution in [0, 0.1) is 6.92 Å². The maximum Gasteiger partial charge on any atom is 0.256 e. The van der Waals surface area contributed by atoms with Gasteiger partial charge >= 0.3 is 0 Å². The molecule has 3 rings (SSSR count). The number of anilines is 3. The average molecular weight is 350 g/mol. The Morgan fingerprint density at radius 3 is 2.81 bits per heavy atom. The molecule has 0 aliphatic rings. The van der Waals surface area contributed by atoms with Crippen LogP contribution < -0.4 is 16.8 Å². The summed E-state index contributed by atoms with van der Waals surface area (Å²) in [5, 5.41) is 19.3. The number of amides is 1. The molecule has 0 saturated carbocycles. The lowest BCUT2D eigenvalue weighted by molar-refractivity contribution is 0.100. The Hall–Kier alpha value is -3.81. The van der Waals surface area contributed by atoms with Crippen LogP contribution in [0.15, 0.2) is 47.5 Å². The van der Waals surface area contributed by atoms with Crippen molar-refractivity contribution in [3.8, 4) is 5.75 Å². The highest BCUT2D eigenvalue weighted by molar-refractivity contribution is 6.03. The molecule has 1 amide bonds. The summed E-state index contributed by atoms with van der Waals surface area (Å²) in [4.78, 5) is 16.1. The number of benzene rings is 2. The number of nitrogens with zero attached hydrogens (tertiary/aromatic N) is 2. The number of phenolic OH excluding ortho intramolecular Hbond substituents is 1. The van der Waals surface area contributed by atoms with E-state index in [0.717, 1.165) is 11.3 Å². The minimum atomic E-state index is -0.661. The third kappa shape index (κ3) is 3.64. The van der Waals surface area contributed by atoms with Crippen LogP contribution in [0.1, 0.15) is 21.5 Å². The van der Waals surface area contributed by atoms with E-state index in [-0.39, 0.29) is 22.8 Å². The minimum Gasteiger partial charge on any atom is -0.506 e. The number of aromatic hydroxyl groups is 1. The van der Waals surface area contributed by atoms with Gasteiger partial charge in [0.15, 0.2) is 5.82 Å². The molecule has 1 aromatic heterocycles. The van der Waals surface area contributed by atoms with Gasteiger partial charge in [0.25, 0.3) is 5.91 Å². The maximum atomic E-state index is 11.9. The van der Waals surface area contributed by atoms with Gasteiger partial charge in [-0.3, -0.25) is 9.89 Å². The van der Waals surface area contributed by atoms with Crippen molar-refractivity contribution in [2.24, 2.45) is 10.7 Å². The van der Waals surface area contributed by atoms with Crippen LogP contribution >= 0.6 is 0 Å². The fourth-order valence-corrected chi connectivity index (χ4v) is 2.41. The first-order valence-corrected chi connectivity index (χ1v) is 7.78. The number of phenols is 1. The van der Waals surface area contributed by atoms with Crippen molar-refractivity contribution in [2.45, 2.75) is 6.92 Å². The number of carbonyl (C=O) groups excluding carboxylic acids is 1. The number of hydrogen-bond acceptors (Lipinski definition) is 6. The van der Waals surface area contributed by atoms with Crippen LogP contribution in [0.25, 0.3) is 0 Å². The Labute approximate surface area is 149 Å². The molecular weight excluding hydrogens is 332 g/mol. The van der Waals surface area contributed by atoms with Crippen molar-refractivity contribution in [3.63, 3.8) is 0 Å². The van der Waals surface area contributed by atoms with E-state index in [1.165, 1.54) is 12.3 Å². The number of carbonyl (C=O) groups is 1. The predicted molar refractivity (Wildman–Crippen MR) is 101 cm³/mol. The van der Waals surface area contributed by atoms with Crippen molar-refractivity contribution in [3.05, 3.63) is 59.2 Å². The second kappa shape index (κ2) is 6.98. The summed E-state index contributed by atoms with van der Waals surface area (Å²) in [7, 11) is 0. The number of H-pyrrole nitrogens is 1. The van der Waals surface area contributed by atoms with Gasteiger partial charge in [0.05, 0.1) is 5.69 Å². The fourth-order valence-electron chi connectivity index (χ4n) is 2.41. The SMILES string of the molecule is Cc1cccc(Nc2[nH]nc(N=Cc3ccc(O)c(N)c3)c2C(N)=O)c1. The summed E-state index contributed by atoms with van der Waals surface area (Å²) in [5.41, 5.74) is 14.0. The molecule has 0 saturated heterocycles. The highest BCUT2D eigenvalue weighted by Crippen LogP contribution is 2.27. The summed E-state index contributed by atoms with van der Waals surface area (Å²) >= 11 is 0. The zero-order valence-electron chi connectivity index (χ0n) is 14.0. The lowest BCUT2D eigenvalue weighted by Gasteiger charge is -2.06. The highest BCUT2D eigenvalue weighted by Gasteiger charge is 2.18. The third-order valence-corrected chi connectivity index (χ3v) is 3.67. The zero-order valence-corrected chi connectivity index (χ0v) is 14.0. The maximum absolute atomic E-state index is 11.9. The molecule has 26 heavy (non-hydrogen) atoms. The van der Waals surface area contributed by atoms with Gasteiger partial charge < -0.3 is 21.9 Å². The Morgan fingerprint density at radius 1 is 1.31 bits per heavy atom. The van der Waals surface area contributed by atoms with Gasteiger partial charge in [0.1, 0.15) is 17.1 Å². The van der Waals surface area contributed by atoms with Gasteiger partial charge in [0.2, 0.25) is 0 Å². The molecule has 0 atom stereocenters. The second-order valence-corrected chi connectivity index (χ2v) is 5.73. The molecule has 0 bridgehead atoms. The first-order valence-electron chi connectivity index (χ1n) is 7.78. The normalized spacial score (nSPS) is 11.0. The van der Waals surface area contributed by atoms with Gasteiger partial charge in [-0.1, -0.05) is 12.1 Å². The standard InChI is InChI=1S/C18H18N6O2/c1-10-3-2-4-12(7-10)22-18-15(16(20)26)17(23-24-18)21-9-11-5-6-14(25)13(19)8-11/h2-9,25H,19H2,1H3,(H2,20,26)(H2,22,23,24). The molecule has 0 aliphatic carbocycles. The Kier molecular flexibility index (Phi) is 4.57. The van der Waals surface area contributed by atoms with E-state index in [4.69, 9.17) is 11.5 Å². The summed E-state index contributed by atoms with van der Waals surface area (Å²) < 4.78 is 0. The summed E-state index contributed by atoms with van der Waals surface area (Å²) in [5.74, 6) is -0.157. The number of aliphatic imine (C=N–C) groups is 1. The molecule has 8 heteroatoms. The topological polar surface area (TPSA) is 142 Å². The Balaban J connectivity index is 1.90. The first-order chi connectivity index (χ1) is 12.4. The lowest BCUT2D eigenvalue weighted by atomic mass is 10.2.